The maximum atomic E-state index is 9.20. The molecule has 0 bridgehead atoms. The van der Waals surface area contributed by atoms with Crippen LogP contribution in [0.1, 0.15) is 49.9 Å². The van der Waals surface area contributed by atoms with Gasteiger partial charge in [-0.05, 0) is 49.7 Å². The number of fused-ring (bicyclic) bond motifs is 1. The summed E-state index contributed by atoms with van der Waals surface area (Å²) in [7, 11) is 0. The van der Waals surface area contributed by atoms with Crippen molar-refractivity contribution in [2.45, 2.75) is 46.0 Å². The third-order valence-corrected chi connectivity index (χ3v) is 3.44. The summed E-state index contributed by atoms with van der Waals surface area (Å²) in [6, 6.07) is 4.29. The molecule has 3 nitrogen and oxygen atoms in total. The summed E-state index contributed by atoms with van der Waals surface area (Å²) >= 11 is 0. The molecule has 0 amide bonds. The molecule has 1 aliphatic rings. The smallest absolute Gasteiger partial charge is 0.144 e. The number of nitrogens with one attached hydrogen (secondary N) is 1. The van der Waals surface area contributed by atoms with Crippen molar-refractivity contribution in [2.24, 2.45) is 5.92 Å². The molecule has 0 unspecified atom stereocenters. The van der Waals surface area contributed by atoms with Gasteiger partial charge >= 0.3 is 0 Å². The van der Waals surface area contributed by atoms with E-state index in [1.165, 1.54) is 24.1 Å². The van der Waals surface area contributed by atoms with Crippen LogP contribution in [0.15, 0.2) is 6.07 Å². The number of pyridine rings is 1. The van der Waals surface area contributed by atoms with Crippen LogP contribution in [0, 0.1) is 17.2 Å². The highest BCUT2D eigenvalue weighted by atomic mass is 15.0. The van der Waals surface area contributed by atoms with Gasteiger partial charge in [-0.1, -0.05) is 13.8 Å². The SMILES string of the molecule is CC(C)CCNc1nc2c(cc1C#N)CCCC2. The van der Waals surface area contributed by atoms with Crippen LogP contribution in [-0.2, 0) is 12.8 Å². The number of aromatic nitrogens is 1. The average molecular weight is 243 g/mol. The highest BCUT2D eigenvalue weighted by Gasteiger charge is 2.14. The van der Waals surface area contributed by atoms with Crippen LogP contribution in [0.4, 0.5) is 5.82 Å². The number of nitriles is 1. The van der Waals surface area contributed by atoms with E-state index in [0.717, 1.165) is 31.6 Å². The normalized spacial score (nSPS) is 14.1. The zero-order chi connectivity index (χ0) is 13.0. The molecular weight excluding hydrogens is 222 g/mol. The summed E-state index contributed by atoms with van der Waals surface area (Å²) in [5.41, 5.74) is 3.15. The highest BCUT2D eigenvalue weighted by Crippen LogP contribution is 2.24. The third-order valence-electron chi connectivity index (χ3n) is 3.44. The molecule has 0 spiro atoms. The third kappa shape index (κ3) is 3.01. The van der Waals surface area contributed by atoms with Crippen molar-refractivity contribution >= 4 is 5.82 Å². The molecule has 0 fully saturated rings. The van der Waals surface area contributed by atoms with Gasteiger partial charge in [-0.25, -0.2) is 4.98 Å². The summed E-state index contributed by atoms with van der Waals surface area (Å²) in [6.07, 6.45) is 5.67. The lowest BCUT2D eigenvalue weighted by atomic mass is 9.95. The number of aryl methyl sites for hydroxylation is 2. The molecule has 1 aromatic rings. The van der Waals surface area contributed by atoms with Gasteiger partial charge in [0, 0.05) is 12.2 Å². The molecule has 0 saturated carbocycles. The standard InChI is InChI=1S/C15H21N3/c1-11(2)7-8-17-15-13(10-16)9-12-5-3-4-6-14(12)18-15/h9,11H,3-8H2,1-2H3,(H,17,18). The number of anilines is 1. The highest BCUT2D eigenvalue weighted by molar-refractivity contribution is 5.54. The van der Waals surface area contributed by atoms with Gasteiger partial charge < -0.3 is 5.32 Å². The van der Waals surface area contributed by atoms with Gasteiger partial charge in [0.05, 0.1) is 5.56 Å². The minimum absolute atomic E-state index is 0.667. The van der Waals surface area contributed by atoms with E-state index in [4.69, 9.17) is 0 Å². The predicted molar refractivity (Wildman–Crippen MR) is 73.5 cm³/mol. The summed E-state index contributed by atoms with van der Waals surface area (Å²) < 4.78 is 0. The monoisotopic (exact) mass is 243 g/mol. The Hall–Kier alpha value is -1.56. The molecule has 1 aromatic heterocycles. The molecule has 0 saturated heterocycles. The van der Waals surface area contributed by atoms with E-state index in [0.29, 0.717) is 11.5 Å². The van der Waals surface area contributed by atoms with Crippen molar-refractivity contribution in [1.29, 1.82) is 5.26 Å². The maximum Gasteiger partial charge on any atom is 0.144 e. The second-order valence-electron chi connectivity index (χ2n) is 5.42. The van der Waals surface area contributed by atoms with Gasteiger partial charge in [0.1, 0.15) is 11.9 Å². The molecule has 96 valence electrons. The molecule has 0 atom stereocenters. The molecule has 18 heavy (non-hydrogen) atoms. The van der Waals surface area contributed by atoms with Crippen molar-refractivity contribution in [3.05, 3.63) is 22.9 Å². The molecule has 0 aliphatic heterocycles. The van der Waals surface area contributed by atoms with Crippen LogP contribution in [0.5, 0.6) is 0 Å². The number of hydrogen-bond acceptors (Lipinski definition) is 3. The largest absolute Gasteiger partial charge is 0.369 e. The summed E-state index contributed by atoms with van der Waals surface area (Å²) in [4.78, 5) is 4.65. The van der Waals surface area contributed by atoms with Crippen LogP contribution < -0.4 is 5.32 Å². The van der Waals surface area contributed by atoms with Crippen molar-refractivity contribution in [3.8, 4) is 6.07 Å². The lowest BCUT2D eigenvalue weighted by Gasteiger charge is -2.17. The Morgan fingerprint density at radius 3 is 2.89 bits per heavy atom. The van der Waals surface area contributed by atoms with E-state index in [-0.39, 0.29) is 0 Å². The van der Waals surface area contributed by atoms with Crippen LogP contribution >= 0.6 is 0 Å². The fourth-order valence-electron chi connectivity index (χ4n) is 2.33. The van der Waals surface area contributed by atoms with Gasteiger partial charge in [0.2, 0.25) is 0 Å². The van der Waals surface area contributed by atoms with Crippen molar-refractivity contribution in [2.75, 3.05) is 11.9 Å². The van der Waals surface area contributed by atoms with Gasteiger partial charge in [0.15, 0.2) is 0 Å². The molecule has 1 aliphatic carbocycles. The minimum atomic E-state index is 0.667. The van der Waals surface area contributed by atoms with E-state index in [1.54, 1.807) is 0 Å². The number of hydrogen-bond donors (Lipinski definition) is 1. The zero-order valence-corrected chi connectivity index (χ0v) is 11.3. The van der Waals surface area contributed by atoms with Crippen molar-refractivity contribution in [1.82, 2.24) is 4.98 Å². The molecule has 0 radical (unpaired) electrons. The fraction of sp³-hybridized carbons (Fsp3) is 0.600. The summed E-state index contributed by atoms with van der Waals surface area (Å²) in [5.74, 6) is 1.44. The van der Waals surface area contributed by atoms with Crippen molar-refractivity contribution < 1.29 is 0 Å². The fourth-order valence-corrected chi connectivity index (χ4v) is 2.33. The first-order valence-electron chi connectivity index (χ1n) is 6.87. The predicted octanol–water partition coefficient (Wildman–Crippen LogP) is 3.29. The van der Waals surface area contributed by atoms with E-state index in [9.17, 15) is 5.26 Å². The zero-order valence-electron chi connectivity index (χ0n) is 11.3. The van der Waals surface area contributed by atoms with E-state index in [1.807, 2.05) is 6.07 Å². The van der Waals surface area contributed by atoms with E-state index in [2.05, 4.69) is 30.2 Å². The Kier molecular flexibility index (Phi) is 4.19. The average Bonchev–Trinajstić information content (AvgIpc) is 2.37. The van der Waals surface area contributed by atoms with Gasteiger partial charge in [-0.15, -0.1) is 0 Å². The Morgan fingerprint density at radius 1 is 1.39 bits per heavy atom. The number of rotatable bonds is 4. The second-order valence-corrected chi connectivity index (χ2v) is 5.42. The van der Waals surface area contributed by atoms with Crippen LogP contribution in [0.3, 0.4) is 0 Å². The quantitative estimate of drug-likeness (QED) is 0.882. The summed E-state index contributed by atoms with van der Waals surface area (Å²) in [5, 5.41) is 12.5. The topological polar surface area (TPSA) is 48.7 Å². The Bertz CT molecular complexity index is 458. The Balaban J connectivity index is 2.15. The minimum Gasteiger partial charge on any atom is -0.369 e. The lowest BCUT2D eigenvalue weighted by molar-refractivity contribution is 0.606. The van der Waals surface area contributed by atoms with Crippen LogP contribution in [-0.4, -0.2) is 11.5 Å². The Labute approximate surface area is 109 Å². The van der Waals surface area contributed by atoms with Gasteiger partial charge in [-0.3, -0.25) is 0 Å². The van der Waals surface area contributed by atoms with Gasteiger partial charge in [-0.2, -0.15) is 5.26 Å². The molecule has 1 N–H and O–H groups in total. The molecular formula is C15H21N3. The Morgan fingerprint density at radius 2 is 2.17 bits per heavy atom. The molecule has 1 heterocycles. The number of nitrogens with zero attached hydrogens (tertiary/aromatic N) is 2. The van der Waals surface area contributed by atoms with E-state index < -0.39 is 0 Å². The first-order valence-corrected chi connectivity index (χ1v) is 6.87. The summed E-state index contributed by atoms with van der Waals surface area (Å²) in [6.45, 7) is 5.29. The first-order chi connectivity index (χ1) is 8.70. The van der Waals surface area contributed by atoms with Crippen LogP contribution in [0.25, 0.3) is 0 Å². The van der Waals surface area contributed by atoms with Crippen molar-refractivity contribution in [3.63, 3.8) is 0 Å². The lowest BCUT2D eigenvalue weighted by Crippen LogP contribution is -2.12. The molecule has 0 aromatic carbocycles. The second kappa shape index (κ2) is 5.86. The van der Waals surface area contributed by atoms with Gasteiger partial charge in [0.25, 0.3) is 0 Å². The first kappa shape index (κ1) is 12.9. The van der Waals surface area contributed by atoms with Crippen LogP contribution in [0.2, 0.25) is 0 Å². The molecule has 2 rings (SSSR count). The molecule has 3 heteroatoms. The van der Waals surface area contributed by atoms with E-state index >= 15 is 0 Å². The maximum absolute atomic E-state index is 9.20.